The van der Waals surface area contributed by atoms with Crippen molar-refractivity contribution in [2.24, 2.45) is 11.7 Å². The van der Waals surface area contributed by atoms with Crippen LogP contribution in [0.3, 0.4) is 0 Å². The van der Waals surface area contributed by atoms with E-state index in [1.165, 1.54) is 38.8 Å². The highest BCUT2D eigenvalue weighted by atomic mass is 15.2. The molecule has 3 unspecified atom stereocenters. The zero-order chi connectivity index (χ0) is 12.5. The van der Waals surface area contributed by atoms with E-state index in [0.717, 1.165) is 0 Å². The maximum absolute atomic E-state index is 6.06. The van der Waals surface area contributed by atoms with Crippen molar-refractivity contribution >= 4 is 0 Å². The quantitative estimate of drug-likeness (QED) is 0.866. The third kappa shape index (κ3) is 2.19. The van der Waals surface area contributed by atoms with Gasteiger partial charge in [-0.1, -0.05) is 24.3 Å². The molecule has 3 rings (SSSR count). The maximum Gasteiger partial charge on any atom is 0.0351 e. The molecule has 1 aliphatic heterocycles. The highest BCUT2D eigenvalue weighted by Crippen LogP contribution is 2.37. The standard InChI is InChI=1S/C16H24N2/c1-12(17)14-9-10-18(11-14)16-8-4-6-13-5-2-3-7-15(13)16/h2-3,5,7,12,14,16H,4,6,8-11,17H2,1H3. The van der Waals surface area contributed by atoms with Crippen LogP contribution in [0.15, 0.2) is 24.3 Å². The van der Waals surface area contributed by atoms with Gasteiger partial charge in [0, 0.05) is 18.6 Å². The molecule has 2 nitrogen and oxygen atoms in total. The summed E-state index contributed by atoms with van der Waals surface area (Å²) >= 11 is 0. The number of nitrogens with zero attached hydrogens (tertiary/aromatic N) is 1. The fourth-order valence-electron chi connectivity index (χ4n) is 3.64. The van der Waals surface area contributed by atoms with E-state index in [0.29, 0.717) is 18.0 Å². The first kappa shape index (κ1) is 12.2. The van der Waals surface area contributed by atoms with Gasteiger partial charge in [-0.15, -0.1) is 0 Å². The minimum atomic E-state index is 0.342. The SMILES string of the molecule is CC(N)C1CCN(C2CCCc3ccccc32)C1. The largest absolute Gasteiger partial charge is 0.328 e. The number of likely N-dealkylation sites (tertiary alicyclic amines) is 1. The predicted molar refractivity (Wildman–Crippen MR) is 75.5 cm³/mol. The van der Waals surface area contributed by atoms with Crippen LogP contribution in [0.1, 0.15) is 43.4 Å². The Labute approximate surface area is 110 Å². The topological polar surface area (TPSA) is 29.3 Å². The average molecular weight is 244 g/mol. The van der Waals surface area contributed by atoms with Gasteiger partial charge < -0.3 is 5.73 Å². The number of nitrogens with two attached hydrogens (primary N) is 1. The fraction of sp³-hybridized carbons (Fsp3) is 0.625. The summed E-state index contributed by atoms with van der Waals surface area (Å²) in [6, 6.07) is 10.00. The minimum absolute atomic E-state index is 0.342. The number of benzene rings is 1. The summed E-state index contributed by atoms with van der Waals surface area (Å²) < 4.78 is 0. The second-order valence-corrected chi connectivity index (χ2v) is 6.01. The van der Waals surface area contributed by atoms with Gasteiger partial charge in [-0.2, -0.15) is 0 Å². The van der Waals surface area contributed by atoms with Gasteiger partial charge in [-0.3, -0.25) is 4.90 Å². The molecule has 1 aromatic carbocycles. The molecule has 0 saturated carbocycles. The highest BCUT2D eigenvalue weighted by molar-refractivity contribution is 5.32. The summed E-state index contributed by atoms with van der Waals surface area (Å²) in [6.07, 6.45) is 5.19. The Kier molecular flexibility index (Phi) is 3.40. The van der Waals surface area contributed by atoms with Gasteiger partial charge in [0.05, 0.1) is 0 Å². The van der Waals surface area contributed by atoms with Gasteiger partial charge in [0.2, 0.25) is 0 Å². The molecule has 0 amide bonds. The monoisotopic (exact) mass is 244 g/mol. The highest BCUT2D eigenvalue weighted by Gasteiger charge is 2.32. The summed E-state index contributed by atoms with van der Waals surface area (Å²) in [5.74, 6) is 0.694. The van der Waals surface area contributed by atoms with Gasteiger partial charge in [0.15, 0.2) is 0 Å². The lowest BCUT2D eigenvalue weighted by atomic mass is 9.87. The Morgan fingerprint density at radius 3 is 2.89 bits per heavy atom. The smallest absolute Gasteiger partial charge is 0.0351 e. The second kappa shape index (κ2) is 5.02. The second-order valence-electron chi connectivity index (χ2n) is 6.01. The van der Waals surface area contributed by atoms with Crippen molar-refractivity contribution in [3.05, 3.63) is 35.4 Å². The lowest BCUT2D eigenvalue weighted by Crippen LogP contribution is -2.33. The van der Waals surface area contributed by atoms with E-state index in [2.05, 4.69) is 36.1 Å². The zero-order valence-corrected chi connectivity index (χ0v) is 11.3. The van der Waals surface area contributed by atoms with Crippen LogP contribution in [-0.2, 0) is 6.42 Å². The van der Waals surface area contributed by atoms with Crippen LogP contribution >= 0.6 is 0 Å². The van der Waals surface area contributed by atoms with Crippen molar-refractivity contribution in [1.82, 2.24) is 4.90 Å². The van der Waals surface area contributed by atoms with Crippen molar-refractivity contribution in [1.29, 1.82) is 0 Å². The lowest BCUT2D eigenvalue weighted by molar-refractivity contribution is 0.210. The normalized spacial score (nSPS) is 30.1. The van der Waals surface area contributed by atoms with Crippen molar-refractivity contribution < 1.29 is 0 Å². The van der Waals surface area contributed by atoms with Gasteiger partial charge in [-0.25, -0.2) is 0 Å². The number of rotatable bonds is 2. The van der Waals surface area contributed by atoms with Crippen molar-refractivity contribution in [2.45, 2.75) is 44.7 Å². The molecule has 1 aromatic rings. The predicted octanol–water partition coefficient (Wildman–Crippen LogP) is 2.73. The van der Waals surface area contributed by atoms with E-state index in [9.17, 15) is 0 Å². The number of hydrogen-bond acceptors (Lipinski definition) is 2. The number of hydrogen-bond donors (Lipinski definition) is 1. The summed E-state index contributed by atoms with van der Waals surface area (Å²) in [7, 11) is 0. The van der Waals surface area contributed by atoms with Crippen LogP contribution < -0.4 is 5.73 Å². The molecule has 18 heavy (non-hydrogen) atoms. The van der Waals surface area contributed by atoms with Crippen LogP contribution in [-0.4, -0.2) is 24.0 Å². The Morgan fingerprint density at radius 2 is 2.11 bits per heavy atom. The van der Waals surface area contributed by atoms with Gasteiger partial charge in [-0.05, 0) is 56.2 Å². The fourth-order valence-corrected chi connectivity index (χ4v) is 3.64. The van der Waals surface area contributed by atoms with Crippen molar-refractivity contribution in [2.75, 3.05) is 13.1 Å². The molecule has 1 fully saturated rings. The van der Waals surface area contributed by atoms with Crippen molar-refractivity contribution in [3.8, 4) is 0 Å². The summed E-state index contributed by atoms with van der Waals surface area (Å²) in [6.45, 7) is 4.57. The van der Waals surface area contributed by atoms with Crippen LogP contribution in [0.5, 0.6) is 0 Å². The number of aryl methyl sites for hydroxylation is 1. The van der Waals surface area contributed by atoms with Crippen molar-refractivity contribution in [3.63, 3.8) is 0 Å². The molecule has 1 saturated heterocycles. The van der Waals surface area contributed by atoms with E-state index < -0.39 is 0 Å². The minimum Gasteiger partial charge on any atom is -0.328 e. The molecule has 2 heteroatoms. The van der Waals surface area contributed by atoms with E-state index in [-0.39, 0.29) is 0 Å². The average Bonchev–Trinajstić information content (AvgIpc) is 2.87. The molecule has 0 bridgehead atoms. The number of fused-ring (bicyclic) bond motifs is 1. The molecule has 1 aliphatic carbocycles. The third-order valence-corrected chi connectivity index (χ3v) is 4.78. The van der Waals surface area contributed by atoms with E-state index in [1.54, 1.807) is 11.1 Å². The van der Waals surface area contributed by atoms with Gasteiger partial charge in [0.1, 0.15) is 0 Å². The van der Waals surface area contributed by atoms with E-state index in [1.807, 2.05) is 0 Å². The van der Waals surface area contributed by atoms with Crippen LogP contribution in [0.4, 0.5) is 0 Å². The summed E-state index contributed by atoms with van der Waals surface area (Å²) in [5.41, 5.74) is 9.20. The molecule has 98 valence electrons. The van der Waals surface area contributed by atoms with E-state index in [4.69, 9.17) is 5.73 Å². The maximum atomic E-state index is 6.06. The Morgan fingerprint density at radius 1 is 1.28 bits per heavy atom. The first-order valence-electron chi connectivity index (χ1n) is 7.33. The zero-order valence-electron chi connectivity index (χ0n) is 11.3. The third-order valence-electron chi connectivity index (χ3n) is 4.78. The lowest BCUT2D eigenvalue weighted by Gasteiger charge is -2.33. The molecule has 1 heterocycles. The molecule has 2 aliphatic rings. The molecule has 2 N–H and O–H groups in total. The Balaban J connectivity index is 1.79. The van der Waals surface area contributed by atoms with Crippen LogP contribution in [0.2, 0.25) is 0 Å². The molecule has 0 radical (unpaired) electrons. The van der Waals surface area contributed by atoms with Crippen LogP contribution in [0, 0.1) is 5.92 Å². The van der Waals surface area contributed by atoms with Gasteiger partial charge in [0.25, 0.3) is 0 Å². The Hall–Kier alpha value is -0.860. The summed E-state index contributed by atoms with van der Waals surface area (Å²) in [5, 5.41) is 0. The summed E-state index contributed by atoms with van der Waals surface area (Å²) in [4.78, 5) is 2.67. The van der Waals surface area contributed by atoms with Crippen LogP contribution in [0.25, 0.3) is 0 Å². The molecule has 3 atom stereocenters. The first-order chi connectivity index (χ1) is 8.75. The molecular weight excluding hydrogens is 220 g/mol. The first-order valence-corrected chi connectivity index (χ1v) is 7.33. The Bertz CT molecular complexity index is 413. The molecule has 0 aromatic heterocycles. The van der Waals surface area contributed by atoms with E-state index >= 15 is 0 Å². The van der Waals surface area contributed by atoms with Gasteiger partial charge >= 0.3 is 0 Å². The molecule has 0 spiro atoms. The molecular formula is C16H24N2.